The Balaban J connectivity index is 1.80. The molecule has 4 heteroatoms. The van der Waals surface area contributed by atoms with Gasteiger partial charge in [0.1, 0.15) is 11.8 Å². The van der Waals surface area contributed by atoms with E-state index in [0.717, 1.165) is 13.0 Å². The van der Waals surface area contributed by atoms with Gasteiger partial charge in [0.15, 0.2) is 0 Å². The van der Waals surface area contributed by atoms with E-state index < -0.39 is 0 Å². The molecule has 0 radical (unpaired) electrons. The first-order chi connectivity index (χ1) is 11.0. The number of aryl methyl sites for hydroxylation is 1. The number of likely N-dealkylation sites (tertiary alicyclic amines) is 1. The van der Waals surface area contributed by atoms with Crippen LogP contribution in [0.15, 0.2) is 42.5 Å². The molecule has 0 bridgehead atoms. The van der Waals surface area contributed by atoms with E-state index in [2.05, 4.69) is 30.1 Å². The zero-order valence-corrected chi connectivity index (χ0v) is 13.4. The molecule has 1 aliphatic heterocycles. The topological polar surface area (TPSA) is 57.0 Å². The van der Waals surface area contributed by atoms with Gasteiger partial charge >= 0.3 is 0 Å². The summed E-state index contributed by atoms with van der Waals surface area (Å²) in [5.41, 5.74) is 2.78. The lowest BCUT2D eigenvalue weighted by atomic mass is 9.82. The van der Waals surface area contributed by atoms with E-state index >= 15 is 0 Å². The summed E-state index contributed by atoms with van der Waals surface area (Å²) in [7, 11) is 0. The third-order valence-electron chi connectivity index (χ3n) is 4.66. The molecule has 0 unspecified atom stereocenters. The number of carbonyl (C=O) groups is 1. The molecule has 1 atom stereocenters. The number of nitriles is 1. The highest BCUT2D eigenvalue weighted by atomic mass is 16.2. The van der Waals surface area contributed by atoms with Crippen LogP contribution in [0.1, 0.15) is 40.7 Å². The molecule has 0 N–H and O–H groups in total. The standard InChI is InChI=1S/C19H19N3O/c1-14-15(12-20)8-9-17(21-14)18(23)22-11-10-19(2,13-22)16-6-4-3-5-7-16/h3-9H,10-11,13H2,1-2H3/t19-/m1/s1. The summed E-state index contributed by atoms with van der Waals surface area (Å²) in [5.74, 6) is -0.0581. The van der Waals surface area contributed by atoms with Crippen molar-refractivity contribution in [1.82, 2.24) is 9.88 Å². The number of hydrogen-bond donors (Lipinski definition) is 0. The van der Waals surface area contributed by atoms with Crippen LogP contribution in [0.2, 0.25) is 0 Å². The van der Waals surface area contributed by atoms with Crippen LogP contribution in [0, 0.1) is 18.3 Å². The second kappa shape index (κ2) is 5.85. The van der Waals surface area contributed by atoms with Gasteiger partial charge in [-0.3, -0.25) is 4.79 Å². The zero-order valence-electron chi connectivity index (χ0n) is 13.4. The lowest BCUT2D eigenvalue weighted by molar-refractivity contribution is 0.0778. The summed E-state index contributed by atoms with van der Waals surface area (Å²) < 4.78 is 0. The van der Waals surface area contributed by atoms with Crippen LogP contribution in [0.4, 0.5) is 0 Å². The molecule has 1 amide bonds. The van der Waals surface area contributed by atoms with Crippen molar-refractivity contribution in [3.8, 4) is 6.07 Å². The summed E-state index contributed by atoms with van der Waals surface area (Å²) in [6, 6.07) is 15.7. The third-order valence-corrected chi connectivity index (χ3v) is 4.66. The molecule has 0 spiro atoms. The Hall–Kier alpha value is -2.67. The van der Waals surface area contributed by atoms with Gasteiger partial charge in [0.25, 0.3) is 5.91 Å². The van der Waals surface area contributed by atoms with Gasteiger partial charge in [-0.2, -0.15) is 5.26 Å². The number of carbonyl (C=O) groups excluding carboxylic acids is 1. The lowest BCUT2D eigenvalue weighted by Gasteiger charge is -2.25. The molecule has 23 heavy (non-hydrogen) atoms. The van der Waals surface area contributed by atoms with Crippen molar-refractivity contribution >= 4 is 5.91 Å². The van der Waals surface area contributed by atoms with Crippen LogP contribution in [-0.2, 0) is 5.41 Å². The first-order valence-electron chi connectivity index (χ1n) is 7.76. The lowest BCUT2D eigenvalue weighted by Crippen LogP contribution is -2.33. The minimum absolute atomic E-state index is 0.0153. The Kier molecular flexibility index (Phi) is 3.87. The number of nitrogens with zero attached hydrogens (tertiary/aromatic N) is 3. The van der Waals surface area contributed by atoms with Crippen LogP contribution in [0.3, 0.4) is 0 Å². The monoisotopic (exact) mass is 305 g/mol. The molecule has 1 fully saturated rings. The normalized spacial score (nSPS) is 20.3. The maximum Gasteiger partial charge on any atom is 0.272 e. The van der Waals surface area contributed by atoms with Gasteiger partial charge in [0.2, 0.25) is 0 Å². The molecule has 1 saturated heterocycles. The number of aromatic nitrogens is 1. The van der Waals surface area contributed by atoms with E-state index in [4.69, 9.17) is 5.26 Å². The van der Waals surface area contributed by atoms with Crippen LogP contribution in [0.25, 0.3) is 0 Å². The van der Waals surface area contributed by atoms with E-state index in [1.54, 1.807) is 19.1 Å². The van der Waals surface area contributed by atoms with Crippen molar-refractivity contribution in [3.05, 3.63) is 65.0 Å². The Morgan fingerprint density at radius 2 is 2.00 bits per heavy atom. The third kappa shape index (κ3) is 2.83. The molecule has 4 nitrogen and oxygen atoms in total. The maximum absolute atomic E-state index is 12.7. The molecule has 1 aromatic carbocycles. The van der Waals surface area contributed by atoms with Crippen molar-refractivity contribution in [2.45, 2.75) is 25.7 Å². The van der Waals surface area contributed by atoms with Gasteiger partial charge in [-0.15, -0.1) is 0 Å². The Bertz CT molecular complexity index is 779. The Labute approximate surface area is 136 Å². The Morgan fingerprint density at radius 1 is 1.26 bits per heavy atom. The van der Waals surface area contributed by atoms with Crippen molar-refractivity contribution in [3.63, 3.8) is 0 Å². The van der Waals surface area contributed by atoms with Gasteiger partial charge in [0.05, 0.1) is 11.3 Å². The van der Waals surface area contributed by atoms with Gasteiger partial charge in [-0.05, 0) is 31.0 Å². The SMILES string of the molecule is Cc1nc(C(=O)N2CC[C@@](C)(c3ccccc3)C2)ccc1C#N. The number of rotatable bonds is 2. The first kappa shape index (κ1) is 15.2. The van der Waals surface area contributed by atoms with Crippen molar-refractivity contribution in [2.75, 3.05) is 13.1 Å². The second-order valence-electron chi connectivity index (χ2n) is 6.34. The predicted octanol–water partition coefficient (Wildman–Crippen LogP) is 3.07. The largest absolute Gasteiger partial charge is 0.336 e. The van der Waals surface area contributed by atoms with Crippen LogP contribution < -0.4 is 0 Å². The number of amides is 1. The minimum atomic E-state index is -0.0581. The predicted molar refractivity (Wildman–Crippen MR) is 88.0 cm³/mol. The van der Waals surface area contributed by atoms with Gasteiger partial charge in [-0.25, -0.2) is 4.98 Å². The fraction of sp³-hybridized carbons (Fsp3) is 0.316. The number of hydrogen-bond acceptors (Lipinski definition) is 3. The average Bonchev–Trinajstić information content (AvgIpc) is 2.98. The highest BCUT2D eigenvalue weighted by molar-refractivity contribution is 5.92. The molecular weight excluding hydrogens is 286 g/mol. The van der Waals surface area contributed by atoms with E-state index in [9.17, 15) is 4.79 Å². The van der Waals surface area contributed by atoms with Crippen LogP contribution >= 0.6 is 0 Å². The molecule has 2 heterocycles. The summed E-state index contributed by atoms with van der Waals surface area (Å²) >= 11 is 0. The second-order valence-corrected chi connectivity index (χ2v) is 6.34. The summed E-state index contributed by atoms with van der Waals surface area (Å²) in [4.78, 5) is 18.9. The average molecular weight is 305 g/mol. The molecule has 1 aliphatic rings. The van der Waals surface area contributed by atoms with Crippen molar-refractivity contribution in [2.24, 2.45) is 0 Å². The molecule has 1 aromatic heterocycles. The highest BCUT2D eigenvalue weighted by Gasteiger charge is 2.37. The number of benzene rings is 1. The maximum atomic E-state index is 12.7. The first-order valence-corrected chi connectivity index (χ1v) is 7.76. The van der Waals surface area contributed by atoms with Crippen molar-refractivity contribution in [1.29, 1.82) is 5.26 Å². The fourth-order valence-corrected chi connectivity index (χ4v) is 3.17. The molecule has 2 aromatic rings. The van der Waals surface area contributed by atoms with Gasteiger partial charge in [-0.1, -0.05) is 37.3 Å². The summed E-state index contributed by atoms with van der Waals surface area (Å²) in [6.07, 6.45) is 0.942. The molecule has 3 rings (SSSR count). The Morgan fingerprint density at radius 3 is 2.65 bits per heavy atom. The van der Waals surface area contributed by atoms with E-state index in [1.807, 2.05) is 23.1 Å². The zero-order chi connectivity index (χ0) is 16.4. The van der Waals surface area contributed by atoms with E-state index in [0.29, 0.717) is 23.5 Å². The number of pyridine rings is 1. The molecule has 0 saturated carbocycles. The van der Waals surface area contributed by atoms with Gasteiger partial charge < -0.3 is 4.90 Å². The summed E-state index contributed by atoms with van der Waals surface area (Å²) in [5, 5.41) is 8.97. The van der Waals surface area contributed by atoms with E-state index in [1.165, 1.54) is 5.56 Å². The smallest absolute Gasteiger partial charge is 0.272 e. The van der Waals surface area contributed by atoms with Crippen LogP contribution in [-0.4, -0.2) is 28.9 Å². The van der Waals surface area contributed by atoms with Gasteiger partial charge in [0, 0.05) is 18.5 Å². The van der Waals surface area contributed by atoms with Crippen molar-refractivity contribution < 1.29 is 4.79 Å². The quantitative estimate of drug-likeness (QED) is 0.857. The fourth-order valence-electron chi connectivity index (χ4n) is 3.17. The minimum Gasteiger partial charge on any atom is -0.336 e. The molecule has 116 valence electrons. The van der Waals surface area contributed by atoms with E-state index in [-0.39, 0.29) is 11.3 Å². The molecular formula is C19H19N3O. The molecule has 0 aliphatic carbocycles. The highest BCUT2D eigenvalue weighted by Crippen LogP contribution is 2.34. The summed E-state index contributed by atoms with van der Waals surface area (Å²) in [6.45, 7) is 5.38. The van der Waals surface area contributed by atoms with Crippen LogP contribution in [0.5, 0.6) is 0 Å².